The second kappa shape index (κ2) is 8.67. The number of pyridine rings is 1. The molecule has 3 aromatic heterocycles. The SMILES string of the molecule is CC(C)c1c(-c2ccn3nccc3c2)[nH]c2ccc(C3CCN(CC(=O)N(C)C)CC3)cc12. The first-order valence-electron chi connectivity index (χ1n) is 11.9. The summed E-state index contributed by atoms with van der Waals surface area (Å²) in [7, 11) is 3.66. The van der Waals surface area contributed by atoms with Gasteiger partial charge in [-0.25, -0.2) is 4.52 Å². The lowest BCUT2D eigenvalue weighted by molar-refractivity contribution is -0.130. The number of nitrogens with zero attached hydrogens (tertiary/aromatic N) is 4. The molecule has 0 spiro atoms. The minimum Gasteiger partial charge on any atom is -0.354 e. The molecule has 4 heterocycles. The molecule has 0 saturated carbocycles. The Balaban J connectivity index is 1.43. The number of hydrogen-bond donors (Lipinski definition) is 1. The van der Waals surface area contributed by atoms with Crippen LogP contribution in [-0.2, 0) is 4.79 Å². The first-order valence-corrected chi connectivity index (χ1v) is 11.9. The van der Waals surface area contributed by atoms with E-state index in [4.69, 9.17) is 0 Å². The lowest BCUT2D eigenvalue weighted by Crippen LogP contribution is -2.40. The largest absolute Gasteiger partial charge is 0.354 e. The molecule has 0 unspecified atom stereocenters. The van der Waals surface area contributed by atoms with E-state index in [1.807, 2.05) is 37.1 Å². The number of piperidine rings is 1. The quantitative estimate of drug-likeness (QED) is 0.479. The summed E-state index contributed by atoms with van der Waals surface area (Å²) in [5.74, 6) is 1.14. The van der Waals surface area contributed by atoms with Crippen molar-refractivity contribution in [2.24, 2.45) is 0 Å². The predicted molar refractivity (Wildman–Crippen MR) is 134 cm³/mol. The fraction of sp³-hybridized carbons (Fsp3) is 0.407. The number of fused-ring (bicyclic) bond motifs is 2. The summed E-state index contributed by atoms with van der Waals surface area (Å²) in [6, 6.07) is 13.3. The van der Waals surface area contributed by atoms with Gasteiger partial charge in [0.05, 0.1) is 17.8 Å². The molecule has 1 aliphatic rings. The molecule has 1 fully saturated rings. The number of amides is 1. The number of likely N-dealkylation sites (tertiary alicyclic amines) is 1. The summed E-state index contributed by atoms with van der Waals surface area (Å²) in [6.07, 6.45) is 6.05. The van der Waals surface area contributed by atoms with Crippen LogP contribution in [0.25, 0.3) is 27.7 Å². The van der Waals surface area contributed by atoms with Crippen LogP contribution in [0, 0.1) is 0 Å². The fourth-order valence-corrected chi connectivity index (χ4v) is 5.15. The molecule has 172 valence electrons. The lowest BCUT2D eigenvalue weighted by atomic mass is 9.87. The second-order valence-corrected chi connectivity index (χ2v) is 9.83. The van der Waals surface area contributed by atoms with Gasteiger partial charge in [0.2, 0.25) is 5.91 Å². The molecule has 4 aromatic rings. The van der Waals surface area contributed by atoms with Crippen molar-refractivity contribution in [2.45, 2.75) is 38.5 Å². The van der Waals surface area contributed by atoms with Crippen LogP contribution in [0.4, 0.5) is 0 Å². The number of hydrogen-bond acceptors (Lipinski definition) is 3. The van der Waals surface area contributed by atoms with Gasteiger partial charge in [-0.3, -0.25) is 9.69 Å². The van der Waals surface area contributed by atoms with Crippen LogP contribution in [0.5, 0.6) is 0 Å². The van der Waals surface area contributed by atoms with Gasteiger partial charge < -0.3 is 9.88 Å². The van der Waals surface area contributed by atoms with Crippen LogP contribution < -0.4 is 0 Å². The zero-order valence-electron chi connectivity index (χ0n) is 20.0. The Morgan fingerprint density at radius 3 is 2.67 bits per heavy atom. The van der Waals surface area contributed by atoms with E-state index in [2.05, 4.69) is 59.2 Å². The number of aromatic amines is 1. The Labute approximate surface area is 195 Å². The van der Waals surface area contributed by atoms with Crippen molar-refractivity contribution in [2.75, 3.05) is 33.7 Å². The van der Waals surface area contributed by atoms with Crippen LogP contribution >= 0.6 is 0 Å². The van der Waals surface area contributed by atoms with Crippen LogP contribution in [0.15, 0.2) is 48.8 Å². The third kappa shape index (κ3) is 4.15. The zero-order valence-corrected chi connectivity index (χ0v) is 20.0. The summed E-state index contributed by atoms with van der Waals surface area (Å²) in [6.45, 7) is 7.03. The van der Waals surface area contributed by atoms with Gasteiger partial charge in [0.15, 0.2) is 0 Å². The maximum absolute atomic E-state index is 12.1. The van der Waals surface area contributed by atoms with Crippen molar-refractivity contribution in [1.82, 2.24) is 24.4 Å². The number of carbonyl (C=O) groups is 1. The van der Waals surface area contributed by atoms with Gasteiger partial charge in [-0.2, -0.15) is 5.10 Å². The van der Waals surface area contributed by atoms with Gasteiger partial charge >= 0.3 is 0 Å². The van der Waals surface area contributed by atoms with E-state index in [0.717, 1.165) is 31.4 Å². The minimum atomic E-state index is 0.186. The maximum atomic E-state index is 12.1. The molecule has 6 nitrogen and oxygen atoms in total. The Morgan fingerprint density at radius 2 is 1.94 bits per heavy atom. The normalized spacial score (nSPS) is 15.7. The molecular formula is C27H33N5O. The van der Waals surface area contributed by atoms with Crippen LogP contribution in [-0.4, -0.2) is 64.0 Å². The molecule has 1 amide bonds. The summed E-state index contributed by atoms with van der Waals surface area (Å²) in [5.41, 5.74) is 7.49. The highest BCUT2D eigenvalue weighted by atomic mass is 16.2. The van der Waals surface area contributed by atoms with E-state index >= 15 is 0 Å². The van der Waals surface area contributed by atoms with Crippen molar-refractivity contribution in [1.29, 1.82) is 0 Å². The van der Waals surface area contributed by atoms with Crippen molar-refractivity contribution in [3.05, 3.63) is 59.9 Å². The first-order chi connectivity index (χ1) is 15.9. The Hall–Kier alpha value is -3.12. The standard InChI is InChI=1S/C27H33N5O/c1-18(2)26-23-16-20(19-8-12-31(13-9-19)17-25(33)30(3)4)5-6-24(23)29-27(26)21-10-14-32-22(15-21)7-11-28-32/h5-7,10-11,14-16,18-19,29H,8-9,12-13,17H2,1-4H3. The molecule has 0 radical (unpaired) electrons. The lowest BCUT2D eigenvalue weighted by Gasteiger charge is -2.32. The number of benzene rings is 1. The smallest absolute Gasteiger partial charge is 0.236 e. The summed E-state index contributed by atoms with van der Waals surface area (Å²) >= 11 is 0. The maximum Gasteiger partial charge on any atom is 0.236 e. The van der Waals surface area contributed by atoms with Crippen LogP contribution in [0.2, 0.25) is 0 Å². The molecule has 1 aliphatic heterocycles. The molecule has 33 heavy (non-hydrogen) atoms. The molecular weight excluding hydrogens is 410 g/mol. The highest BCUT2D eigenvalue weighted by Gasteiger charge is 2.24. The number of carbonyl (C=O) groups excluding carboxylic acids is 1. The molecule has 0 bridgehead atoms. The average Bonchev–Trinajstić information content (AvgIpc) is 3.43. The third-order valence-corrected chi connectivity index (χ3v) is 7.05. The number of nitrogens with one attached hydrogen (secondary N) is 1. The van der Waals surface area contributed by atoms with Gasteiger partial charge in [-0.05, 0) is 79.2 Å². The molecule has 1 saturated heterocycles. The Kier molecular flexibility index (Phi) is 5.71. The zero-order chi connectivity index (χ0) is 23.1. The number of likely N-dealkylation sites (N-methyl/N-ethyl adjacent to an activating group) is 1. The minimum absolute atomic E-state index is 0.186. The van der Waals surface area contributed by atoms with Crippen molar-refractivity contribution < 1.29 is 4.79 Å². The average molecular weight is 444 g/mol. The van der Waals surface area contributed by atoms with Gasteiger partial charge in [-0.15, -0.1) is 0 Å². The highest BCUT2D eigenvalue weighted by molar-refractivity contribution is 5.92. The Morgan fingerprint density at radius 1 is 1.15 bits per heavy atom. The van der Waals surface area contributed by atoms with E-state index in [1.165, 1.54) is 33.3 Å². The van der Waals surface area contributed by atoms with Gasteiger partial charge in [0.1, 0.15) is 0 Å². The fourth-order valence-electron chi connectivity index (χ4n) is 5.15. The van der Waals surface area contributed by atoms with Gasteiger partial charge in [0.25, 0.3) is 0 Å². The molecule has 1 aromatic carbocycles. The highest BCUT2D eigenvalue weighted by Crippen LogP contribution is 2.38. The monoisotopic (exact) mass is 443 g/mol. The molecule has 1 N–H and O–H groups in total. The van der Waals surface area contributed by atoms with Gasteiger partial charge in [0, 0.05) is 43.0 Å². The van der Waals surface area contributed by atoms with Gasteiger partial charge in [-0.1, -0.05) is 19.9 Å². The van der Waals surface area contributed by atoms with Crippen molar-refractivity contribution >= 4 is 22.3 Å². The topological polar surface area (TPSA) is 56.6 Å². The summed E-state index contributed by atoms with van der Waals surface area (Å²) in [5, 5.41) is 5.66. The third-order valence-electron chi connectivity index (χ3n) is 7.05. The number of aromatic nitrogens is 3. The van der Waals surface area contributed by atoms with Crippen LogP contribution in [0.3, 0.4) is 0 Å². The number of H-pyrrole nitrogens is 1. The number of rotatable bonds is 5. The van der Waals surface area contributed by atoms with E-state index in [1.54, 1.807) is 4.90 Å². The molecule has 5 rings (SSSR count). The predicted octanol–water partition coefficient (Wildman–Crippen LogP) is 4.87. The first kappa shape index (κ1) is 21.7. The van der Waals surface area contributed by atoms with E-state index in [9.17, 15) is 4.79 Å². The van der Waals surface area contributed by atoms with Crippen molar-refractivity contribution in [3.63, 3.8) is 0 Å². The van der Waals surface area contributed by atoms with E-state index in [0.29, 0.717) is 18.4 Å². The molecule has 0 atom stereocenters. The molecule has 6 heteroatoms. The van der Waals surface area contributed by atoms with E-state index < -0.39 is 0 Å². The van der Waals surface area contributed by atoms with Crippen molar-refractivity contribution in [3.8, 4) is 11.3 Å². The second-order valence-electron chi connectivity index (χ2n) is 9.83. The Bertz CT molecular complexity index is 1290. The van der Waals surface area contributed by atoms with Crippen LogP contribution in [0.1, 0.15) is 49.7 Å². The van der Waals surface area contributed by atoms with E-state index in [-0.39, 0.29) is 5.91 Å². The summed E-state index contributed by atoms with van der Waals surface area (Å²) < 4.78 is 1.90. The summed E-state index contributed by atoms with van der Waals surface area (Å²) in [4.78, 5) is 19.7. The molecule has 0 aliphatic carbocycles.